The number of nitrogens with zero attached hydrogens (tertiary/aromatic N) is 5. The summed E-state index contributed by atoms with van der Waals surface area (Å²) in [7, 11) is 0. The van der Waals surface area contributed by atoms with Gasteiger partial charge in [0.15, 0.2) is 0 Å². The molecule has 0 unspecified atom stereocenters. The van der Waals surface area contributed by atoms with Gasteiger partial charge >= 0.3 is 5.97 Å². The first-order chi connectivity index (χ1) is 21.8. The Balaban J connectivity index is 1.38. The molecule has 0 bridgehead atoms. The predicted molar refractivity (Wildman–Crippen MR) is 171 cm³/mol. The SMILES string of the molecule is CCOC(=O)c1cccnc1SN(C(=O)c1c(C)noc1C)[C@H](C)C(=O)N1CCN(C(c2ccccc2)c2ccccc2)CC1. The van der Waals surface area contributed by atoms with Crippen LogP contribution in [0.1, 0.15) is 63.2 Å². The van der Waals surface area contributed by atoms with Gasteiger partial charge in [-0.1, -0.05) is 65.8 Å². The predicted octanol–water partition coefficient (Wildman–Crippen LogP) is 5.33. The van der Waals surface area contributed by atoms with E-state index in [4.69, 9.17) is 9.26 Å². The van der Waals surface area contributed by atoms with Crippen molar-refractivity contribution >= 4 is 29.7 Å². The van der Waals surface area contributed by atoms with E-state index >= 15 is 0 Å². The number of amides is 2. The van der Waals surface area contributed by atoms with Crippen LogP contribution >= 0.6 is 11.9 Å². The van der Waals surface area contributed by atoms with Crippen LogP contribution in [0.3, 0.4) is 0 Å². The molecule has 0 spiro atoms. The lowest BCUT2D eigenvalue weighted by molar-refractivity contribution is -0.136. The first kappa shape index (κ1) is 31.9. The van der Waals surface area contributed by atoms with Crippen LogP contribution in [-0.2, 0) is 9.53 Å². The quantitative estimate of drug-likeness (QED) is 0.170. The summed E-state index contributed by atoms with van der Waals surface area (Å²) in [6.07, 6.45) is 1.53. The molecule has 45 heavy (non-hydrogen) atoms. The zero-order chi connectivity index (χ0) is 31.9. The smallest absolute Gasteiger partial charge is 0.340 e. The van der Waals surface area contributed by atoms with Gasteiger partial charge in [0.2, 0.25) is 5.91 Å². The first-order valence-electron chi connectivity index (χ1n) is 15.0. The molecule has 4 aromatic rings. The van der Waals surface area contributed by atoms with Gasteiger partial charge in [0.05, 0.1) is 23.9 Å². The lowest BCUT2D eigenvalue weighted by atomic mass is 9.96. The Morgan fingerprint density at radius 3 is 2.11 bits per heavy atom. The number of ether oxygens (including phenoxy) is 1. The van der Waals surface area contributed by atoms with Crippen LogP contribution < -0.4 is 0 Å². The molecule has 1 atom stereocenters. The van der Waals surface area contributed by atoms with Gasteiger partial charge in [-0.05, 0) is 51.0 Å². The van der Waals surface area contributed by atoms with Crippen LogP contribution in [0, 0.1) is 13.8 Å². The lowest BCUT2D eigenvalue weighted by Gasteiger charge is -2.41. The fraction of sp³-hybridized carbons (Fsp3) is 0.324. The van der Waals surface area contributed by atoms with E-state index in [-0.39, 0.29) is 34.7 Å². The number of aryl methyl sites for hydroxylation is 2. The summed E-state index contributed by atoms with van der Waals surface area (Å²) in [6.45, 7) is 9.25. The largest absolute Gasteiger partial charge is 0.462 e. The summed E-state index contributed by atoms with van der Waals surface area (Å²) in [5, 5.41) is 4.20. The van der Waals surface area contributed by atoms with Gasteiger partial charge in [0.25, 0.3) is 5.91 Å². The van der Waals surface area contributed by atoms with Crippen molar-refractivity contribution in [1.29, 1.82) is 0 Å². The molecule has 0 radical (unpaired) electrons. The van der Waals surface area contributed by atoms with Gasteiger partial charge in [-0.25, -0.2) is 9.78 Å². The number of rotatable bonds is 10. The highest BCUT2D eigenvalue weighted by molar-refractivity contribution is 7.97. The molecule has 1 aliphatic rings. The van der Waals surface area contributed by atoms with Crippen LogP contribution in [0.2, 0.25) is 0 Å². The van der Waals surface area contributed by atoms with Gasteiger partial charge < -0.3 is 14.2 Å². The number of hydrogen-bond acceptors (Lipinski definition) is 9. The molecule has 1 fully saturated rings. The fourth-order valence-corrected chi connectivity index (χ4v) is 6.53. The number of carbonyl (C=O) groups is 3. The lowest BCUT2D eigenvalue weighted by Crippen LogP contribution is -2.54. The average Bonchev–Trinajstić information content (AvgIpc) is 3.41. The van der Waals surface area contributed by atoms with Gasteiger partial charge in [-0.3, -0.25) is 18.8 Å². The highest BCUT2D eigenvalue weighted by Gasteiger charge is 2.37. The van der Waals surface area contributed by atoms with Crippen LogP contribution in [0.5, 0.6) is 0 Å². The zero-order valence-corrected chi connectivity index (χ0v) is 26.7. The minimum absolute atomic E-state index is 0.0562. The van der Waals surface area contributed by atoms with Crippen molar-refractivity contribution in [3.8, 4) is 0 Å². The summed E-state index contributed by atoms with van der Waals surface area (Å²) in [5.41, 5.74) is 3.28. The van der Waals surface area contributed by atoms with E-state index in [9.17, 15) is 14.4 Å². The van der Waals surface area contributed by atoms with E-state index in [1.807, 2.05) is 36.4 Å². The Morgan fingerprint density at radius 1 is 0.933 bits per heavy atom. The molecule has 10 nitrogen and oxygen atoms in total. The van der Waals surface area contributed by atoms with E-state index in [0.29, 0.717) is 37.6 Å². The van der Waals surface area contributed by atoms with E-state index in [1.165, 1.54) is 21.6 Å². The van der Waals surface area contributed by atoms with Crippen molar-refractivity contribution in [2.75, 3.05) is 32.8 Å². The maximum absolute atomic E-state index is 14.1. The van der Waals surface area contributed by atoms with E-state index in [2.05, 4.69) is 39.3 Å². The third-order valence-electron chi connectivity index (χ3n) is 7.83. The molecule has 2 amide bonds. The van der Waals surface area contributed by atoms with Crippen LogP contribution in [0.4, 0.5) is 0 Å². The minimum Gasteiger partial charge on any atom is -0.462 e. The molecule has 11 heteroatoms. The number of carbonyl (C=O) groups excluding carboxylic acids is 3. The van der Waals surface area contributed by atoms with Crippen molar-refractivity contribution in [2.24, 2.45) is 0 Å². The van der Waals surface area contributed by atoms with Crippen LogP contribution in [0.25, 0.3) is 0 Å². The second-order valence-electron chi connectivity index (χ2n) is 10.8. The van der Waals surface area contributed by atoms with E-state index in [0.717, 1.165) is 11.9 Å². The highest BCUT2D eigenvalue weighted by atomic mass is 32.2. The van der Waals surface area contributed by atoms with Gasteiger partial charge in [-0.15, -0.1) is 0 Å². The van der Waals surface area contributed by atoms with E-state index < -0.39 is 17.9 Å². The molecule has 3 heterocycles. The standard InChI is InChI=1S/C34H37N5O5S/c1-5-43-34(42)28-17-12-18-35-31(28)45-39(33(41)29-23(2)36-44-25(29)4)24(3)32(40)38-21-19-37(20-22-38)30(26-13-8-6-9-14-26)27-15-10-7-11-16-27/h6-18,24,30H,5,19-22H2,1-4H3/t24-/m1/s1. The van der Waals surface area contributed by atoms with Gasteiger partial charge in [0.1, 0.15) is 22.4 Å². The maximum atomic E-state index is 14.1. The maximum Gasteiger partial charge on any atom is 0.340 e. The molecular formula is C34H37N5O5S. The van der Waals surface area contributed by atoms with Crippen molar-refractivity contribution in [2.45, 2.75) is 44.8 Å². The Hall–Kier alpha value is -4.48. The normalized spacial score (nSPS) is 14.3. The number of benzene rings is 2. The molecule has 2 aromatic carbocycles. The monoisotopic (exact) mass is 627 g/mol. The van der Waals surface area contributed by atoms with Crippen LogP contribution in [0.15, 0.2) is 88.5 Å². The summed E-state index contributed by atoms with van der Waals surface area (Å²) in [5.74, 6) is -0.869. The number of hydrogen-bond donors (Lipinski definition) is 0. The van der Waals surface area contributed by atoms with Crippen molar-refractivity contribution in [1.82, 2.24) is 24.2 Å². The average molecular weight is 628 g/mol. The first-order valence-corrected chi connectivity index (χ1v) is 15.8. The summed E-state index contributed by atoms with van der Waals surface area (Å²) in [6, 6.07) is 23.1. The molecule has 0 saturated carbocycles. The molecule has 0 N–H and O–H groups in total. The van der Waals surface area contributed by atoms with E-state index in [1.54, 1.807) is 44.7 Å². The van der Waals surface area contributed by atoms with Crippen molar-refractivity contribution < 1.29 is 23.6 Å². The topological polar surface area (TPSA) is 109 Å². The molecule has 5 rings (SSSR count). The molecular weight excluding hydrogens is 590 g/mol. The number of pyridine rings is 1. The molecule has 0 aliphatic carbocycles. The van der Waals surface area contributed by atoms with Gasteiger partial charge in [0, 0.05) is 44.3 Å². The second-order valence-corrected chi connectivity index (χ2v) is 11.7. The molecule has 234 valence electrons. The summed E-state index contributed by atoms with van der Waals surface area (Å²) in [4.78, 5) is 49.4. The third kappa shape index (κ3) is 7.10. The number of piperazine rings is 1. The summed E-state index contributed by atoms with van der Waals surface area (Å²) < 4.78 is 11.9. The Kier molecular flexibility index (Phi) is 10.3. The van der Waals surface area contributed by atoms with Gasteiger partial charge in [-0.2, -0.15) is 0 Å². The second kappa shape index (κ2) is 14.5. The van der Waals surface area contributed by atoms with Crippen molar-refractivity contribution in [3.05, 3.63) is 113 Å². The Labute approximate surface area is 267 Å². The molecule has 1 saturated heterocycles. The Morgan fingerprint density at radius 2 is 1.56 bits per heavy atom. The highest BCUT2D eigenvalue weighted by Crippen LogP contribution is 2.32. The molecule has 2 aromatic heterocycles. The summed E-state index contributed by atoms with van der Waals surface area (Å²) >= 11 is 0.938. The number of esters is 1. The molecule has 1 aliphatic heterocycles. The van der Waals surface area contributed by atoms with Crippen molar-refractivity contribution in [3.63, 3.8) is 0 Å². The third-order valence-corrected chi connectivity index (χ3v) is 9.01. The zero-order valence-electron chi connectivity index (χ0n) is 25.9. The fourth-order valence-electron chi connectivity index (χ4n) is 5.57. The minimum atomic E-state index is -0.890. The Bertz CT molecular complexity index is 1560. The number of aromatic nitrogens is 2. The van der Waals surface area contributed by atoms with Crippen LogP contribution in [-0.4, -0.2) is 80.9 Å².